The maximum atomic E-state index is 12.9. The smallest absolute Gasteiger partial charge is 0.236 e. The predicted octanol–water partition coefficient (Wildman–Crippen LogP) is 2.88. The molecule has 0 fully saturated rings. The SMILES string of the molecule is C=c1c#cc(=O)c2ccc3c4c(ccc1c42)C(=O)C(CC)CC3=O. The monoisotopic (exact) mass is 314 g/mol. The van der Waals surface area contributed by atoms with Gasteiger partial charge in [-0.1, -0.05) is 31.7 Å². The molecule has 0 N–H and O–H groups in total. The molecule has 24 heavy (non-hydrogen) atoms. The number of carbonyl (C=O) groups excluding carboxylic acids is 2. The van der Waals surface area contributed by atoms with Crippen LogP contribution in [0.2, 0.25) is 0 Å². The quantitative estimate of drug-likeness (QED) is 0.694. The molecule has 1 unspecified atom stereocenters. The van der Waals surface area contributed by atoms with Gasteiger partial charge in [-0.2, -0.15) is 0 Å². The molecule has 0 bridgehead atoms. The van der Waals surface area contributed by atoms with E-state index in [1.165, 1.54) is 0 Å². The van der Waals surface area contributed by atoms with E-state index in [1.54, 1.807) is 24.3 Å². The summed E-state index contributed by atoms with van der Waals surface area (Å²) in [7, 11) is 0. The number of ketones is 2. The molecule has 0 aliphatic heterocycles. The second-order valence-electron chi connectivity index (χ2n) is 6.23. The van der Waals surface area contributed by atoms with Crippen molar-refractivity contribution in [3.05, 3.63) is 63.0 Å². The number of hydrogen-bond donors (Lipinski definition) is 0. The van der Waals surface area contributed by atoms with Gasteiger partial charge in [0.1, 0.15) is 0 Å². The molecular weight excluding hydrogens is 300 g/mol. The van der Waals surface area contributed by atoms with Crippen molar-refractivity contribution in [2.45, 2.75) is 19.8 Å². The first kappa shape index (κ1) is 14.6. The average molecular weight is 314 g/mol. The van der Waals surface area contributed by atoms with Crippen molar-refractivity contribution >= 4 is 39.7 Å². The molecule has 1 aliphatic carbocycles. The highest BCUT2D eigenvalue weighted by molar-refractivity contribution is 6.26. The second-order valence-corrected chi connectivity index (χ2v) is 6.23. The summed E-state index contributed by atoms with van der Waals surface area (Å²) in [6.45, 7) is 5.85. The Labute approximate surface area is 138 Å². The molecule has 1 atom stereocenters. The highest BCUT2D eigenvalue weighted by Crippen LogP contribution is 2.35. The van der Waals surface area contributed by atoms with E-state index in [9.17, 15) is 14.4 Å². The predicted molar refractivity (Wildman–Crippen MR) is 93.2 cm³/mol. The fraction of sp³-hybridized carbons (Fsp3) is 0.190. The number of carbonyl (C=O) groups is 2. The fourth-order valence-corrected chi connectivity index (χ4v) is 3.62. The zero-order valence-corrected chi connectivity index (χ0v) is 13.2. The van der Waals surface area contributed by atoms with Crippen LogP contribution in [0.1, 0.15) is 40.5 Å². The molecule has 116 valence electrons. The van der Waals surface area contributed by atoms with E-state index in [0.717, 1.165) is 5.39 Å². The Morgan fingerprint density at radius 2 is 1.71 bits per heavy atom. The Balaban J connectivity index is 2.34. The molecule has 0 saturated heterocycles. The van der Waals surface area contributed by atoms with E-state index in [4.69, 9.17) is 0 Å². The molecule has 1 aliphatic rings. The van der Waals surface area contributed by atoms with Crippen molar-refractivity contribution in [2.75, 3.05) is 0 Å². The van der Waals surface area contributed by atoms with Crippen LogP contribution in [0, 0.1) is 18.1 Å². The summed E-state index contributed by atoms with van der Waals surface area (Å²) in [6.07, 6.45) is 0.822. The Hall–Kier alpha value is -2.99. The molecule has 3 aromatic rings. The van der Waals surface area contributed by atoms with E-state index in [0.29, 0.717) is 38.9 Å². The van der Waals surface area contributed by atoms with Gasteiger partial charge in [-0.3, -0.25) is 14.4 Å². The molecule has 0 aromatic heterocycles. The molecule has 0 amide bonds. The number of benzene rings is 2. The minimum Gasteiger partial charge on any atom is -0.294 e. The first-order valence-corrected chi connectivity index (χ1v) is 7.95. The highest BCUT2D eigenvalue weighted by atomic mass is 16.1. The van der Waals surface area contributed by atoms with Crippen LogP contribution in [0.5, 0.6) is 0 Å². The summed E-state index contributed by atoms with van der Waals surface area (Å²) in [5.41, 5.74) is 0.720. The van der Waals surface area contributed by atoms with Gasteiger partial charge in [0.25, 0.3) is 0 Å². The van der Waals surface area contributed by atoms with Gasteiger partial charge in [0.05, 0.1) is 0 Å². The van der Waals surface area contributed by atoms with Gasteiger partial charge in [0.2, 0.25) is 5.43 Å². The lowest BCUT2D eigenvalue weighted by atomic mass is 9.91. The van der Waals surface area contributed by atoms with Crippen molar-refractivity contribution < 1.29 is 9.59 Å². The van der Waals surface area contributed by atoms with Crippen molar-refractivity contribution in [2.24, 2.45) is 5.92 Å². The standard InChI is InChI=1S/C21H14O3/c1-3-12-10-18(23)15-7-6-14-17(22)9-4-11(2)13-5-8-16(21(12)24)20(15)19(13)14/h5-8,12H,2-3,10H2,1H3. The van der Waals surface area contributed by atoms with Gasteiger partial charge in [-0.05, 0) is 30.0 Å². The second kappa shape index (κ2) is 5.01. The number of Topliss-reactive ketones (excluding diaryl/α,β-unsaturated/α-hetero) is 2. The van der Waals surface area contributed by atoms with Crippen LogP contribution >= 0.6 is 0 Å². The van der Waals surface area contributed by atoms with Crippen LogP contribution in [0.25, 0.3) is 28.1 Å². The third-order valence-corrected chi connectivity index (χ3v) is 4.92. The first-order valence-electron chi connectivity index (χ1n) is 7.95. The van der Waals surface area contributed by atoms with Crippen molar-refractivity contribution in [3.63, 3.8) is 0 Å². The Morgan fingerprint density at radius 1 is 1.00 bits per heavy atom. The summed E-state index contributed by atoms with van der Waals surface area (Å²) < 4.78 is 0. The lowest BCUT2D eigenvalue weighted by Gasteiger charge is -2.10. The minimum absolute atomic E-state index is 0.0310. The van der Waals surface area contributed by atoms with Gasteiger partial charge in [-0.25, -0.2) is 0 Å². The Bertz CT molecular complexity index is 1110. The maximum Gasteiger partial charge on any atom is 0.236 e. The van der Waals surface area contributed by atoms with Crippen LogP contribution in [-0.4, -0.2) is 11.6 Å². The van der Waals surface area contributed by atoms with E-state index < -0.39 is 0 Å². The summed E-state index contributed by atoms with van der Waals surface area (Å²) in [5, 5.41) is 2.89. The Kier molecular flexibility index (Phi) is 3.04. The van der Waals surface area contributed by atoms with Crippen molar-refractivity contribution in [3.8, 4) is 0 Å². The van der Waals surface area contributed by atoms with Gasteiger partial charge in [0, 0.05) is 44.8 Å². The van der Waals surface area contributed by atoms with Crippen LogP contribution < -0.4 is 10.6 Å². The van der Waals surface area contributed by atoms with Crippen LogP contribution in [0.3, 0.4) is 0 Å². The maximum absolute atomic E-state index is 12.9. The molecular formula is C21H14O3. The lowest BCUT2D eigenvalue weighted by molar-refractivity contribution is 0.0856. The fourth-order valence-electron chi connectivity index (χ4n) is 3.62. The molecule has 0 radical (unpaired) electrons. The molecule has 0 saturated carbocycles. The van der Waals surface area contributed by atoms with Crippen LogP contribution in [-0.2, 0) is 0 Å². The summed E-state index contributed by atoms with van der Waals surface area (Å²) >= 11 is 0. The minimum atomic E-state index is -0.317. The van der Waals surface area contributed by atoms with E-state index in [2.05, 4.69) is 18.7 Å². The van der Waals surface area contributed by atoms with Crippen molar-refractivity contribution in [1.29, 1.82) is 0 Å². The molecule has 4 rings (SSSR count). The normalized spacial score (nSPS) is 17.1. The zero-order valence-electron chi connectivity index (χ0n) is 13.2. The molecule has 0 spiro atoms. The van der Waals surface area contributed by atoms with E-state index in [1.807, 2.05) is 6.92 Å². The number of hydrogen-bond acceptors (Lipinski definition) is 3. The third-order valence-electron chi connectivity index (χ3n) is 4.92. The zero-order chi connectivity index (χ0) is 17.0. The van der Waals surface area contributed by atoms with Gasteiger partial charge in [-0.15, -0.1) is 0 Å². The molecule has 0 heterocycles. The first-order chi connectivity index (χ1) is 11.5. The number of rotatable bonds is 1. The lowest BCUT2D eigenvalue weighted by Crippen LogP contribution is -2.15. The summed E-state index contributed by atoms with van der Waals surface area (Å²) in [6, 6.07) is 12.2. The third kappa shape index (κ3) is 1.83. The van der Waals surface area contributed by atoms with E-state index in [-0.39, 0.29) is 29.3 Å². The van der Waals surface area contributed by atoms with Crippen molar-refractivity contribution in [1.82, 2.24) is 0 Å². The summed E-state index contributed by atoms with van der Waals surface area (Å²) in [5.74, 6) is -0.403. The van der Waals surface area contributed by atoms with Crippen LogP contribution in [0.15, 0.2) is 29.1 Å². The van der Waals surface area contributed by atoms with E-state index >= 15 is 0 Å². The highest BCUT2D eigenvalue weighted by Gasteiger charge is 2.30. The van der Waals surface area contributed by atoms with Gasteiger partial charge < -0.3 is 0 Å². The van der Waals surface area contributed by atoms with Gasteiger partial charge >= 0.3 is 0 Å². The van der Waals surface area contributed by atoms with Crippen LogP contribution in [0.4, 0.5) is 0 Å². The Morgan fingerprint density at radius 3 is 2.46 bits per heavy atom. The largest absolute Gasteiger partial charge is 0.294 e. The average Bonchev–Trinajstić information content (AvgIpc) is 2.78. The molecule has 3 heteroatoms. The molecule has 3 aromatic carbocycles. The van der Waals surface area contributed by atoms with Gasteiger partial charge in [0.15, 0.2) is 11.6 Å². The molecule has 3 nitrogen and oxygen atoms in total. The summed E-state index contributed by atoms with van der Waals surface area (Å²) in [4.78, 5) is 37.9. The topological polar surface area (TPSA) is 51.2 Å².